The number of methoxy groups -OCH3 is 3. The monoisotopic (exact) mass is 403 g/mol. The second-order valence-corrected chi connectivity index (χ2v) is 7.83. The molecule has 8 nitrogen and oxygen atoms in total. The molecule has 2 aromatic carbocycles. The Labute approximate surface area is 163 Å². The van der Waals surface area contributed by atoms with Crippen molar-refractivity contribution in [2.75, 3.05) is 27.1 Å². The highest BCUT2D eigenvalue weighted by atomic mass is 32.2. The minimum Gasteiger partial charge on any atom is -0.493 e. The fourth-order valence-electron chi connectivity index (χ4n) is 2.77. The van der Waals surface area contributed by atoms with E-state index in [1.165, 1.54) is 39.7 Å². The fraction of sp³-hybridized carbons (Fsp3) is 0.211. The van der Waals surface area contributed by atoms with Crippen LogP contribution in [0.25, 0.3) is 11.1 Å². The van der Waals surface area contributed by atoms with Crippen molar-refractivity contribution in [3.8, 4) is 28.4 Å². The van der Waals surface area contributed by atoms with Gasteiger partial charge in [-0.1, -0.05) is 17.7 Å². The van der Waals surface area contributed by atoms with Crippen molar-refractivity contribution in [2.45, 2.75) is 11.8 Å². The summed E-state index contributed by atoms with van der Waals surface area (Å²) < 4.78 is 42.6. The van der Waals surface area contributed by atoms with E-state index in [2.05, 4.69) is 5.10 Å². The van der Waals surface area contributed by atoms with Crippen molar-refractivity contribution < 1.29 is 22.6 Å². The summed E-state index contributed by atoms with van der Waals surface area (Å²) in [6, 6.07) is 9.86. The summed E-state index contributed by atoms with van der Waals surface area (Å²) >= 11 is 0. The first kappa shape index (κ1) is 19.6. The van der Waals surface area contributed by atoms with Crippen molar-refractivity contribution in [3.63, 3.8) is 0 Å². The van der Waals surface area contributed by atoms with Crippen LogP contribution in [0, 0.1) is 6.92 Å². The lowest BCUT2D eigenvalue weighted by Gasteiger charge is -2.13. The number of hydrogen-bond donors (Lipinski definition) is 1. The van der Waals surface area contributed by atoms with Gasteiger partial charge in [-0.15, -0.1) is 5.10 Å². The third-order valence-corrected chi connectivity index (χ3v) is 5.81. The third kappa shape index (κ3) is 3.36. The summed E-state index contributed by atoms with van der Waals surface area (Å²) in [5, 5.41) is 4.00. The average molecular weight is 403 g/mol. The van der Waals surface area contributed by atoms with Crippen LogP contribution in [0.1, 0.15) is 5.56 Å². The largest absolute Gasteiger partial charge is 0.493 e. The molecule has 0 atom stereocenters. The highest BCUT2D eigenvalue weighted by Gasteiger charge is 2.22. The van der Waals surface area contributed by atoms with Crippen LogP contribution in [0.3, 0.4) is 0 Å². The van der Waals surface area contributed by atoms with Crippen LogP contribution in [0.2, 0.25) is 0 Å². The Kier molecular flexibility index (Phi) is 5.19. The second-order valence-electron chi connectivity index (χ2n) is 6.03. The van der Waals surface area contributed by atoms with E-state index in [1.54, 1.807) is 24.3 Å². The zero-order valence-electron chi connectivity index (χ0n) is 16.0. The van der Waals surface area contributed by atoms with Gasteiger partial charge in [-0.3, -0.25) is 0 Å². The van der Waals surface area contributed by atoms with Gasteiger partial charge in [0.25, 0.3) is 10.0 Å². The molecule has 0 aliphatic carbocycles. The van der Waals surface area contributed by atoms with Gasteiger partial charge in [0, 0.05) is 5.56 Å². The van der Waals surface area contributed by atoms with Gasteiger partial charge in [-0.25, -0.2) is 0 Å². The fourth-order valence-corrected chi connectivity index (χ4v) is 3.90. The number of nitrogens with two attached hydrogens (primary N) is 1. The summed E-state index contributed by atoms with van der Waals surface area (Å²) in [7, 11) is 0.621. The van der Waals surface area contributed by atoms with Crippen LogP contribution in [-0.4, -0.2) is 38.9 Å². The van der Waals surface area contributed by atoms with E-state index in [9.17, 15) is 8.42 Å². The molecule has 0 fully saturated rings. The molecule has 0 aliphatic heterocycles. The summed E-state index contributed by atoms with van der Waals surface area (Å²) in [6.07, 6.45) is 1.37. The van der Waals surface area contributed by atoms with E-state index in [1.807, 2.05) is 6.92 Å². The molecular weight excluding hydrogens is 382 g/mol. The number of benzene rings is 2. The first-order chi connectivity index (χ1) is 13.3. The SMILES string of the molecule is COc1cc(-c2cn(S(=O)(=O)c3ccc(C)cc3)nc2N)cc(OC)c1OC. The van der Waals surface area contributed by atoms with Gasteiger partial charge in [-0.2, -0.15) is 12.5 Å². The highest BCUT2D eigenvalue weighted by molar-refractivity contribution is 7.89. The predicted molar refractivity (Wildman–Crippen MR) is 105 cm³/mol. The molecule has 3 aromatic rings. The number of nitrogen functional groups attached to an aromatic ring is 1. The first-order valence-electron chi connectivity index (χ1n) is 8.29. The molecule has 28 heavy (non-hydrogen) atoms. The normalized spacial score (nSPS) is 11.3. The Morgan fingerprint density at radius 2 is 1.54 bits per heavy atom. The lowest BCUT2D eigenvalue weighted by atomic mass is 10.1. The van der Waals surface area contributed by atoms with Crippen molar-refractivity contribution in [3.05, 3.63) is 48.2 Å². The van der Waals surface area contributed by atoms with E-state index in [0.717, 1.165) is 9.65 Å². The molecule has 0 radical (unpaired) electrons. The van der Waals surface area contributed by atoms with E-state index in [0.29, 0.717) is 28.4 Å². The first-order valence-corrected chi connectivity index (χ1v) is 9.73. The van der Waals surface area contributed by atoms with Gasteiger partial charge in [-0.05, 0) is 36.8 Å². The molecule has 0 amide bonds. The number of nitrogens with zero attached hydrogens (tertiary/aromatic N) is 2. The molecule has 0 saturated carbocycles. The number of anilines is 1. The van der Waals surface area contributed by atoms with Gasteiger partial charge in [0.1, 0.15) is 0 Å². The zero-order chi connectivity index (χ0) is 20.5. The predicted octanol–water partition coefficient (Wildman–Crippen LogP) is 2.70. The summed E-state index contributed by atoms with van der Waals surface area (Å²) in [4.78, 5) is 0.122. The number of aryl methyl sites for hydroxylation is 1. The maximum Gasteiger partial charge on any atom is 0.283 e. The topological polar surface area (TPSA) is 106 Å². The summed E-state index contributed by atoms with van der Waals surface area (Å²) in [5.74, 6) is 1.33. The van der Waals surface area contributed by atoms with Gasteiger partial charge in [0.05, 0.1) is 32.4 Å². The van der Waals surface area contributed by atoms with E-state index in [4.69, 9.17) is 19.9 Å². The van der Waals surface area contributed by atoms with Gasteiger partial charge < -0.3 is 19.9 Å². The molecule has 0 bridgehead atoms. The molecule has 1 aromatic heterocycles. The molecule has 0 spiro atoms. The van der Waals surface area contributed by atoms with Crippen LogP contribution >= 0.6 is 0 Å². The Morgan fingerprint density at radius 3 is 2.04 bits per heavy atom. The lowest BCUT2D eigenvalue weighted by molar-refractivity contribution is 0.324. The summed E-state index contributed by atoms with van der Waals surface area (Å²) in [5.41, 5.74) is 7.98. The molecule has 0 aliphatic rings. The molecule has 0 saturated heterocycles. The second kappa shape index (κ2) is 7.43. The van der Waals surface area contributed by atoms with E-state index < -0.39 is 10.0 Å². The quantitative estimate of drug-likeness (QED) is 0.674. The third-order valence-electron chi connectivity index (χ3n) is 4.26. The standard InChI is InChI=1S/C19H21N3O5S/c1-12-5-7-14(8-6-12)28(23,24)22-11-15(19(20)21-22)13-9-16(25-2)18(27-4)17(10-13)26-3/h5-11H,1-4H3,(H2,20,21). The van der Waals surface area contributed by atoms with Crippen LogP contribution in [0.15, 0.2) is 47.5 Å². The number of aromatic nitrogens is 2. The van der Waals surface area contributed by atoms with Gasteiger partial charge in [0.2, 0.25) is 5.75 Å². The molecule has 3 rings (SSSR count). The smallest absolute Gasteiger partial charge is 0.283 e. The van der Waals surface area contributed by atoms with Crippen molar-refractivity contribution >= 4 is 15.8 Å². The Balaban J connectivity index is 2.11. The van der Waals surface area contributed by atoms with E-state index in [-0.39, 0.29) is 10.7 Å². The molecule has 2 N–H and O–H groups in total. The number of rotatable bonds is 6. The molecule has 0 unspecified atom stereocenters. The van der Waals surface area contributed by atoms with Crippen molar-refractivity contribution in [2.24, 2.45) is 0 Å². The Hall–Kier alpha value is -3.20. The highest BCUT2D eigenvalue weighted by Crippen LogP contribution is 2.42. The van der Waals surface area contributed by atoms with Crippen molar-refractivity contribution in [1.82, 2.24) is 9.19 Å². The number of hydrogen-bond acceptors (Lipinski definition) is 7. The van der Waals surface area contributed by atoms with Gasteiger partial charge in [0.15, 0.2) is 17.3 Å². The Morgan fingerprint density at radius 1 is 0.964 bits per heavy atom. The maximum atomic E-state index is 12.9. The Bertz CT molecular complexity index is 1080. The van der Waals surface area contributed by atoms with Crippen molar-refractivity contribution in [1.29, 1.82) is 0 Å². The van der Waals surface area contributed by atoms with Crippen LogP contribution in [0.4, 0.5) is 5.82 Å². The molecule has 148 valence electrons. The molecule has 9 heteroatoms. The minimum atomic E-state index is -3.87. The van der Waals surface area contributed by atoms with Crippen LogP contribution < -0.4 is 19.9 Å². The summed E-state index contributed by atoms with van der Waals surface area (Å²) in [6.45, 7) is 1.88. The maximum absolute atomic E-state index is 12.9. The van der Waals surface area contributed by atoms with Crippen LogP contribution in [-0.2, 0) is 10.0 Å². The molecule has 1 heterocycles. The lowest BCUT2D eigenvalue weighted by Crippen LogP contribution is -2.13. The number of ether oxygens (including phenoxy) is 3. The zero-order valence-corrected chi connectivity index (χ0v) is 16.8. The molecular formula is C19H21N3O5S. The van der Waals surface area contributed by atoms with Gasteiger partial charge >= 0.3 is 0 Å². The minimum absolute atomic E-state index is 0.0601. The average Bonchev–Trinajstić information content (AvgIpc) is 3.09. The van der Waals surface area contributed by atoms with E-state index >= 15 is 0 Å². The van der Waals surface area contributed by atoms with Crippen LogP contribution in [0.5, 0.6) is 17.2 Å².